The van der Waals surface area contributed by atoms with Crippen LogP contribution in [0.5, 0.6) is 0 Å². The Balaban J connectivity index is 2.76. The first-order valence-electron chi connectivity index (χ1n) is 6.68. The quantitative estimate of drug-likeness (QED) is 0.783. The van der Waals surface area contributed by atoms with Gasteiger partial charge in [-0.05, 0) is 37.5 Å². The normalized spacial score (nSPS) is 14.1. The van der Waals surface area contributed by atoms with Crippen molar-refractivity contribution in [2.24, 2.45) is 0 Å². The zero-order chi connectivity index (χ0) is 16.1. The minimum Gasteiger partial charge on any atom is -0.396 e. The van der Waals surface area contributed by atoms with E-state index in [1.54, 1.807) is 0 Å². The SMILES string of the molecule is CC(c1ccc(C(F)(F)F)cc1)S(=O)(=O)CCCCCO. The third-order valence-electron chi connectivity index (χ3n) is 3.33. The summed E-state index contributed by atoms with van der Waals surface area (Å²) >= 11 is 0. The molecule has 0 aliphatic carbocycles. The van der Waals surface area contributed by atoms with Crippen LogP contribution in [0, 0.1) is 0 Å². The number of hydrogen-bond acceptors (Lipinski definition) is 3. The van der Waals surface area contributed by atoms with Crippen LogP contribution in [0.2, 0.25) is 0 Å². The Morgan fingerprint density at radius 3 is 2.14 bits per heavy atom. The highest BCUT2D eigenvalue weighted by Crippen LogP contribution is 2.31. The van der Waals surface area contributed by atoms with Gasteiger partial charge in [-0.25, -0.2) is 8.42 Å². The highest BCUT2D eigenvalue weighted by atomic mass is 32.2. The molecule has 0 radical (unpaired) electrons. The van der Waals surface area contributed by atoms with Crippen molar-refractivity contribution >= 4 is 9.84 Å². The molecule has 1 unspecified atom stereocenters. The second-order valence-electron chi connectivity index (χ2n) is 4.91. The molecule has 1 rings (SSSR count). The topological polar surface area (TPSA) is 54.4 Å². The van der Waals surface area contributed by atoms with Crippen LogP contribution in [0.3, 0.4) is 0 Å². The standard InChI is InChI=1S/C14H19F3O3S/c1-11(21(19,20)10-4-2-3-9-18)12-5-7-13(8-6-12)14(15,16)17/h5-8,11,18H,2-4,9-10H2,1H3. The monoisotopic (exact) mass is 324 g/mol. The Morgan fingerprint density at radius 2 is 1.67 bits per heavy atom. The molecule has 1 aromatic rings. The summed E-state index contributed by atoms with van der Waals surface area (Å²) in [6.45, 7) is 1.50. The van der Waals surface area contributed by atoms with Crippen LogP contribution >= 0.6 is 0 Å². The first-order valence-corrected chi connectivity index (χ1v) is 8.39. The summed E-state index contributed by atoms with van der Waals surface area (Å²) in [6, 6.07) is 4.21. The van der Waals surface area contributed by atoms with E-state index in [2.05, 4.69) is 0 Å². The number of rotatable bonds is 7. The van der Waals surface area contributed by atoms with Crippen molar-refractivity contribution in [3.05, 3.63) is 35.4 Å². The lowest BCUT2D eigenvalue weighted by molar-refractivity contribution is -0.137. The maximum absolute atomic E-state index is 12.5. The van der Waals surface area contributed by atoms with Crippen LogP contribution in [0.4, 0.5) is 13.2 Å². The molecule has 0 amide bonds. The van der Waals surface area contributed by atoms with Gasteiger partial charge in [0.1, 0.15) is 0 Å². The first-order chi connectivity index (χ1) is 9.68. The third kappa shape index (κ3) is 5.32. The van der Waals surface area contributed by atoms with Gasteiger partial charge in [0.15, 0.2) is 9.84 Å². The average Bonchev–Trinajstić information content (AvgIpc) is 2.42. The third-order valence-corrected chi connectivity index (χ3v) is 5.54. The molecule has 0 heterocycles. The molecule has 0 spiro atoms. The number of unbranched alkanes of at least 4 members (excludes halogenated alkanes) is 2. The van der Waals surface area contributed by atoms with Crippen molar-refractivity contribution < 1.29 is 26.7 Å². The van der Waals surface area contributed by atoms with Crippen LogP contribution in [0.1, 0.15) is 42.6 Å². The Kier molecular flexibility index (Phi) is 6.22. The lowest BCUT2D eigenvalue weighted by Crippen LogP contribution is -2.15. The van der Waals surface area contributed by atoms with Gasteiger partial charge < -0.3 is 5.11 Å². The molecule has 21 heavy (non-hydrogen) atoms. The van der Waals surface area contributed by atoms with Crippen molar-refractivity contribution in [2.75, 3.05) is 12.4 Å². The molecule has 1 aromatic carbocycles. The summed E-state index contributed by atoms with van der Waals surface area (Å²) in [5, 5.41) is 7.79. The van der Waals surface area contributed by atoms with Gasteiger partial charge in [-0.15, -0.1) is 0 Å². The Bertz CT molecular complexity index is 536. The van der Waals surface area contributed by atoms with E-state index in [0.29, 0.717) is 24.8 Å². The fourth-order valence-corrected chi connectivity index (χ4v) is 3.45. The molecule has 0 aliphatic heterocycles. The molecule has 120 valence electrons. The minimum absolute atomic E-state index is 0.0223. The summed E-state index contributed by atoms with van der Waals surface area (Å²) < 4.78 is 61.5. The van der Waals surface area contributed by atoms with Gasteiger partial charge in [-0.3, -0.25) is 0 Å². The van der Waals surface area contributed by atoms with E-state index < -0.39 is 26.8 Å². The Labute approximate surface area is 122 Å². The predicted molar refractivity (Wildman–Crippen MR) is 74.6 cm³/mol. The summed E-state index contributed by atoms with van der Waals surface area (Å²) in [4.78, 5) is 0. The Hall–Kier alpha value is -1.08. The van der Waals surface area contributed by atoms with Gasteiger partial charge in [0.2, 0.25) is 0 Å². The van der Waals surface area contributed by atoms with E-state index in [9.17, 15) is 21.6 Å². The summed E-state index contributed by atoms with van der Waals surface area (Å²) in [5.41, 5.74) is -0.441. The first kappa shape index (κ1) is 18.0. The fraction of sp³-hybridized carbons (Fsp3) is 0.571. The van der Waals surface area contributed by atoms with Crippen LogP contribution in [0.15, 0.2) is 24.3 Å². The highest BCUT2D eigenvalue weighted by molar-refractivity contribution is 7.91. The number of hydrogen-bond donors (Lipinski definition) is 1. The summed E-state index contributed by atoms with van der Waals surface area (Å²) in [7, 11) is -3.41. The molecule has 0 aliphatic rings. The van der Waals surface area contributed by atoms with Crippen molar-refractivity contribution in [3.63, 3.8) is 0 Å². The number of halogens is 3. The molecular weight excluding hydrogens is 305 g/mol. The van der Waals surface area contributed by atoms with E-state index in [4.69, 9.17) is 5.11 Å². The van der Waals surface area contributed by atoms with Gasteiger partial charge in [0.25, 0.3) is 0 Å². The number of sulfone groups is 1. The second kappa shape index (κ2) is 7.26. The zero-order valence-corrected chi connectivity index (χ0v) is 12.5. The van der Waals surface area contributed by atoms with E-state index in [1.807, 2.05) is 0 Å². The molecule has 0 fully saturated rings. The molecule has 0 saturated heterocycles. The van der Waals surface area contributed by atoms with Gasteiger partial charge in [-0.1, -0.05) is 18.6 Å². The molecule has 0 saturated carbocycles. The van der Waals surface area contributed by atoms with Gasteiger partial charge in [0.05, 0.1) is 16.6 Å². The van der Waals surface area contributed by atoms with E-state index in [0.717, 1.165) is 12.1 Å². The molecule has 1 atom stereocenters. The van der Waals surface area contributed by atoms with Gasteiger partial charge in [-0.2, -0.15) is 13.2 Å². The van der Waals surface area contributed by atoms with Crippen molar-refractivity contribution in [3.8, 4) is 0 Å². The van der Waals surface area contributed by atoms with Crippen LogP contribution < -0.4 is 0 Å². The van der Waals surface area contributed by atoms with Crippen molar-refractivity contribution in [1.82, 2.24) is 0 Å². The van der Waals surface area contributed by atoms with Crippen LogP contribution in [-0.2, 0) is 16.0 Å². The molecule has 1 N–H and O–H groups in total. The number of alkyl halides is 3. The molecule has 3 nitrogen and oxygen atoms in total. The maximum Gasteiger partial charge on any atom is 0.416 e. The molecule has 0 bridgehead atoms. The maximum atomic E-state index is 12.5. The average molecular weight is 324 g/mol. The molecular formula is C14H19F3O3S. The predicted octanol–water partition coefficient (Wildman–Crippen LogP) is 3.34. The van der Waals surface area contributed by atoms with Gasteiger partial charge >= 0.3 is 6.18 Å². The number of aliphatic hydroxyl groups is 1. The van der Waals surface area contributed by atoms with Crippen molar-refractivity contribution in [1.29, 1.82) is 0 Å². The zero-order valence-electron chi connectivity index (χ0n) is 11.7. The van der Waals surface area contributed by atoms with E-state index >= 15 is 0 Å². The Morgan fingerprint density at radius 1 is 1.10 bits per heavy atom. The van der Waals surface area contributed by atoms with Crippen molar-refractivity contribution in [2.45, 2.75) is 37.6 Å². The van der Waals surface area contributed by atoms with Crippen LogP contribution in [0.25, 0.3) is 0 Å². The van der Waals surface area contributed by atoms with E-state index in [1.165, 1.54) is 19.1 Å². The largest absolute Gasteiger partial charge is 0.416 e. The summed E-state index contributed by atoms with van der Waals surface area (Å²) in [6.07, 6.45) is -2.83. The lowest BCUT2D eigenvalue weighted by atomic mass is 10.1. The second-order valence-corrected chi connectivity index (χ2v) is 7.35. The smallest absolute Gasteiger partial charge is 0.396 e. The highest BCUT2D eigenvalue weighted by Gasteiger charge is 2.30. The fourth-order valence-electron chi connectivity index (χ4n) is 1.92. The molecule has 0 aromatic heterocycles. The lowest BCUT2D eigenvalue weighted by Gasteiger charge is -2.14. The summed E-state index contributed by atoms with van der Waals surface area (Å²) in [5.74, 6) is -0.0326. The molecule has 7 heteroatoms. The minimum atomic E-state index is -4.43. The number of aliphatic hydroxyl groups excluding tert-OH is 1. The van der Waals surface area contributed by atoms with E-state index in [-0.39, 0.29) is 12.4 Å². The van der Waals surface area contributed by atoms with Gasteiger partial charge in [0, 0.05) is 6.61 Å². The number of benzene rings is 1. The van der Waals surface area contributed by atoms with Crippen LogP contribution in [-0.4, -0.2) is 25.9 Å².